The van der Waals surface area contributed by atoms with Crippen molar-refractivity contribution in [2.24, 2.45) is 11.8 Å². The zero-order valence-corrected chi connectivity index (χ0v) is 12.5. The lowest BCUT2D eigenvalue weighted by atomic mass is 9.78. The van der Waals surface area contributed by atoms with E-state index in [-0.39, 0.29) is 12.1 Å². The summed E-state index contributed by atoms with van der Waals surface area (Å²) in [7, 11) is 0. The van der Waals surface area contributed by atoms with E-state index in [0.717, 1.165) is 18.8 Å². The van der Waals surface area contributed by atoms with Gasteiger partial charge in [-0.15, -0.1) is 0 Å². The van der Waals surface area contributed by atoms with Crippen LogP contribution in [0.3, 0.4) is 0 Å². The van der Waals surface area contributed by atoms with Crippen molar-refractivity contribution in [2.75, 3.05) is 0 Å². The first-order valence-electron chi connectivity index (χ1n) is 7.61. The van der Waals surface area contributed by atoms with E-state index < -0.39 is 0 Å². The third kappa shape index (κ3) is 4.87. The number of amides is 2. The molecule has 18 heavy (non-hydrogen) atoms. The summed E-state index contributed by atoms with van der Waals surface area (Å²) in [5.74, 6) is 1.32. The van der Waals surface area contributed by atoms with Crippen molar-refractivity contribution in [2.45, 2.75) is 78.3 Å². The van der Waals surface area contributed by atoms with Gasteiger partial charge in [-0.1, -0.05) is 46.5 Å². The van der Waals surface area contributed by atoms with E-state index in [0.29, 0.717) is 12.0 Å². The highest BCUT2D eigenvalue weighted by molar-refractivity contribution is 5.74. The molecule has 1 rings (SSSR count). The van der Waals surface area contributed by atoms with Crippen molar-refractivity contribution in [1.82, 2.24) is 10.6 Å². The Morgan fingerprint density at radius 1 is 1.33 bits per heavy atom. The predicted molar refractivity (Wildman–Crippen MR) is 76.6 cm³/mol. The molecule has 1 aliphatic carbocycles. The first-order chi connectivity index (χ1) is 8.54. The normalized spacial score (nSPS) is 29.7. The van der Waals surface area contributed by atoms with Gasteiger partial charge in [0, 0.05) is 12.1 Å². The second-order valence-electron chi connectivity index (χ2n) is 6.03. The molecule has 0 aliphatic heterocycles. The van der Waals surface area contributed by atoms with Crippen molar-refractivity contribution in [3.8, 4) is 0 Å². The van der Waals surface area contributed by atoms with E-state index in [2.05, 4.69) is 38.3 Å². The maximum atomic E-state index is 11.9. The molecule has 2 N–H and O–H groups in total. The molecule has 1 aliphatic rings. The van der Waals surface area contributed by atoms with Crippen molar-refractivity contribution < 1.29 is 4.79 Å². The number of hydrogen-bond donors (Lipinski definition) is 2. The molecule has 0 radical (unpaired) electrons. The number of hydrogen-bond acceptors (Lipinski definition) is 1. The Hall–Kier alpha value is -0.730. The monoisotopic (exact) mass is 254 g/mol. The molecule has 1 fully saturated rings. The van der Waals surface area contributed by atoms with Crippen LogP contribution < -0.4 is 10.6 Å². The molecule has 1 saturated carbocycles. The van der Waals surface area contributed by atoms with Gasteiger partial charge in [0.05, 0.1) is 0 Å². The number of carbonyl (C=O) groups excluding carboxylic acids is 1. The first-order valence-corrected chi connectivity index (χ1v) is 7.61. The summed E-state index contributed by atoms with van der Waals surface area (Å²) in [6.45, 7) is 8.82. The highest BCUT2D eigenvalue weighted by Gasteiger charge is 2.28. The van der Waals surface area contributed by atoms with Crippen LogP contribution in [0, 0.1) is 11.8 Å². The smallest absolute Gasteiger partial charge is 0.315 e. The number of carbonyl (C=O) groups is 1. The average Bonchev–Trinajstić information content (AvgIpc) is 2.32. The predicted octanol–water partition coefficient (Wildman–Crippen LogP) is 3.69. The molecule has 106 valence electrons. The van der Waals surface area contributed by atoms with Crippen LogP contribution in [0.1, 0.15) is 66.2 Å². The van der Waals surface area contributed by atoms with Gasteiger partial charge >= 0.3 is 6.03 Å². The van der Waals surface area contributed by atoms with Gasteiger partial charge in [0.1, 0.15) is 0 Å². The highest BCUT2D eigenvalue weighted by atomic mass is 16.2. The van der Waals surface area contributed by atoms with Crippen LogP contribution in [0.4, 0.5) is 4.79 Å². The number of rotatable bonds is 5. The summed E-state index contributed by atoms with van der Waals surface area (Å²) in [5.41, 5.74) is 0. The fraction of sp³-hybridized carbons (Fsp3) is 0.933. The Balaban J connectivity index is 2.30. The molecular formula is C15H30N2O. The lowest BCUT2D eigenvalue weighted by Crippen LogP contribution is -2.49. The molecule has 4 unspecified atom stereocenters. The Bertz CT molecular complexity index is 255. The van der Waals surface area contributed by atoms with Gasteiger partial charge in [-0.2, -0.15) is 0 Å². The van der Waals surface area contributed by atoms with E-state index >= 15 is 0 Å². The summed E-state index contributed by atoms with van der Waals surface area (Å²) >= 11 is 0. The van der Waals surface area contributed by atoms with Gasteiger partial charge in [0.2, 0.25) is 0 Å². The molecule has 0 aromatic heterocycles. The Morgan fingerprint density at radius 2 is 2.06 bits per heavy atom. The maximum absolute atomic E-state index is 11.9. The van der Waals surface area contributed by atoms with E-state index in [1.54, 1.807) is 0 Å². The third-order valence-electron chi connectivity index (χ3n) is 4.39. The topological polar surface area (TPSA) is 41.1 Å². The quantitative estimate of drug-likeness (QED) is 0.772. The van der Waals surface area contributed by atoms with E-state index in [1.807, 2.05) is 0 Å². The molecule has 0 heterocycles. The molecule has 0 aromatic carbocycles. The minimum atomic E-state index is 0.0181. The van der Waals surface area contributed by atoms with Crippen LogP contribution in [0.2, 0.25) is 0 Å². The minimum Gasteiger partial charge on any atom is -0.336 e. The molecular weight excluding hydrogens is 224 g/mol. The van der Waals surface area contributed by atoms with E-state index in [9.17, 15) is 4.79 Å². The second-order valence-corrected chi connectivity index (χ2v) is 6.03. The number of nitrogens with one attached hydrogen (secondary N) is 2. The molecule has 3 nitrogen and oxygen atoms in total. The standard InChI is InChI=1S/C15H30N2O/c1-5-6-9-12(3)16-15(18)17-14-10-7-8-11(2)13(14)4/h11-14H,5-10H2,1-4H3,(H2,16,17,18). The van der Waals surface area contributed by atoms with E-state index in [4.69, 9.17) is 0 Å². The SMILES string of the molecule is CCCCC(C)NC(=O)NC1CCCC(C)C1C. The van der Waals surface area contributed by atoms with Gasteiger partial charge in [0.15, 0.2) is 0 Å². The lowest BCUT2D eigenvalue weighted by molar-refractivity contribution is 0.193. The fourth-order valence-electron chi connectivity index (χ4n) is 2.80. The second kappa shape index (κ2) is 7.65. The summed E-state index contributed by atoms with van der Waals surface area (Å²) in [6, 6.07) is 0.651. The maximum Gasteiger partial charge on any atom is 0.315 e. The summed E-state index contributed by atoms with van der Waals surface area (Å²) in [4.78, 5) is 11.9. The fourth-order valence-corrected chi connectivity index (χ4v) is 2.80. The Kier molecular flexibility index (Phi) is 6.51. The molecule has 0 aromatic rings. The highest BCUT2D eigenvalue weighted by Crippen LogP contribution is 2.29. The zero-order valence-electron chi connectivity index (χ0n) is 12.5. The third-order valence-corrected chi connectivity index (χ3v) is 4.39. The summed E-state index contributed by atoms with van der Waals surface area (Å²) in [6.07, 6.45) is 7.10. The van der Waals surface area contributed by atoms with Crippen LogP contribution in [0.15, 0.2) is 0 Å². The largest absolute Gasteiger partial charge is 0.336 e. The van der Waals surface area contributed by atoms with Crippen LogP contribution in [-0.2, 0) is 0 Å². The van der Waals surface area contributed by atoms with Gasteiger partial charge < -0.3 is 10.6 Å². The van der Waals surface area contributed by atoms with Gasteiger partial charge in [0.25, 0.3) is 0 Å². The molecule has 0 saturated heterocycles. The first kappa shape index (κ1) is 15.3. The zero-order chi connectivity index (χ0) is 13.5. The van der Waals surface area contributed by atoms with Crippen molar-refractivity contribution in [3.63, 3.8) is 0 Å². The molecule has 3 heteroatoms. The molecule has 0 bridgehead atoms. The Labute approximate surface area is 112 Å². The minimum absolute atomic E-state index is 0.0181. The van der Waals surface area contributed by atoms with Gasteiger partial charge in [-0.05, 0) is 31.6 Å². The van der Waals surface area contributed by atoms with Crippen molar-refractivity contribution >= 4 is 6.03 Å². The number of urea groups is 1. The van der Waals surface area contributed by atoms with Gasteiger partial charge in [-0.25, -0.2) is 4.79 Å². The van der Waals surface area contributed by atoms with Gasteiger partial charge in [-0.3, -0.25) is 0 Å². The molecule has 4 atom stereocenters. The van der Waals surface area contributed by atoms with Crippen LogP contribution in [-0.4, -0.2) is 18.1 Å². The number of unbranched alkanes of at least 4 members (excludes halogenated alkanes) is 1. The van der Waals surface area contributed by atoms with Crippen molar-refractivity contribution in [1.29, 1.82) is 0 Å². The summed E-state index contributed by atoms with van der Waals surface area (Å²) < 4.78 is 0. The molecule has 0 spiro atoms. The Morgan fingerprint density at radius 3 is 2.72 bits per heavy atom. The van der Waals surface area contributed by atoms with Crippen LogP contribution in [0.25, 0.3) is 0 Å². The molecule has 2 amide bonds. The van der Waals surface area contributed by atoms with Crippen LogP contribution >= 0.6 is 0 Å². The van der Waals surface area contributed by atoms with Crippen LogP contribution in [0.5, 0.6) is 0 Å². The van der Waals surface area contributed by atoms with Crippen molar-refractivity contribution in [3.05, 3.63) is 0 Å². The lowest BCUT2D eigenvalue weighted by Gasteiger charge is -2.34. The van der Waals surface area contributed by atoms with E-state index in [1.165, 1.54) is 25.7 Å². The average molecular weight is 254 g/mol. The summed E-state index contributed by atoms with van der Waals surface area (Å²) in [5, 5.41) is 6.20.